The smallest absolute Gasteiger partial charge is 0.123 e. The zero-order valence-electron chi connectivity index (χ0n) is 11.4. The van der Waals surface area contributed by atoms with Crippen LogP contribution in [0.25, 0.3) is 0 Å². The monoisotopic (exact) mass is 237 g/mol. The minimum absolute atomic E-state index is 0.0835. The highest BCUT2D eigenvalue weighted by molar-refractivity contribution is 5.39. The van der Waals surface area contributed by atoms with Gasteiger partial charge in [-0.2, -0.15) is 0 Å². The second-order valence-electron chi connectivity index (χ2n) is 5.02. The minimum atomic E-state index is -0.228. The van der Waals surface area contributed by atoms with Crippen molar-refractivity contribution in [2.75, 3.05) is 14.2 Å². The average molecular weight is 237 g/mol. The van der Waals surface area contributed by atoms with Crippen molar-refractivity contribution in [3.63, 3.8) is 0 Å². The standard InChI is InChI=1S/C14H23NO2/c1-10-6-7-13(16-4)11(8-10)12(15)9-14(2,3)17-5/h6-8,12H,9,15H2,1-5H3. The summed E-state index contributed by atoms with van der Waals surface area (Å²) < 4.78 is 10.8. The minimum Gasteiger partial charge on any atom is -0.496 e. The molecule has 0 aromatic heterocycles. The number of hydrogen-bond acceptors (Lipinski definition) is 3. The lowest BCUT2D eigenvalue weighted by Gasteiger charge is -2.27. The highest BCUT2D eigenvalue weighted by Crippen LogP contribution is 2.30. The summed E-state index contributed by atoms with van der Waals surface area (Å²) in [7, 11) is 3.38. The van der Waals surface area contributed by atoms with E-state index in [0.29, 0.717) is 0 Å². The van der Waals surface area contributed by atoms with E-state index in [0.717, 1.165) is 17.7 Å². The SMILES string of the molecule is COc1ccc(C)cc1C(N)CC(C)(C)OC. The molecule has 1 atom stereocenters. The van der Waals surface area contributed by atoms with Gasteiger partial charge in [-0.3, -0.25) is 0 Å². The first-order chi connectivity index (χ1) is 7.89. The van der Waals surface area contributed by atoms with Crippen LogP contribution in [0.4, 0.5) is 0 Å². The third-order valence-electron chi connectivity index (χ3n) is 3.05. The fourth-order valence-corrected chi connectivity index (χ4v) is 1.87. The largest absolute Gasteiger partial charge is 0.496 e. The Morgan fingerprint density at radius 2 is 1.94 bits per heavy atom. The molecule has 0 heterocycles. The Balaban J connectivity index is 2.95. The second kappa shape index (κ2) is 5.52. The topological polar surface area (TPSA) is 44.5 Å². The molecule has 0 aliphatic rings. The predicted molar refractivity (Wildman–Crippen MR) is 70.4 cm³/mol. The number of hydrogen-bond donors (Lipinski definition) is 1. The molecule has 0 aliphatic heterocycles. The number of ether oxygens (including phenoxy) is 2. The van der Waals surface area contributed by atoms with Gasteiger partial charge in [0.1, 0.15) is 5.75 Å². The molecule has 0 spiro atoms. The molecule has 1 aromatic carbocycles. The summed E-state index contributed by atoms with van der Waals surface area (Å²) in [6, 6.07) is 5.98. The summed E-state index contributed by atoms with van der Waals surface area (Å²) in [4.78, 5) is 0. The van der Waals surface area contributed by atoms with Crippen LogP contribution in [0.1, 0.15) is 37.4 Å². The Hall–Kier alpha value is -1.06. The maximum absolute atomic E-state index is 6.24. The van der Waals surface area contributed by atoms with E-state index in [1.54, 1.807) is 14.2 Å². The molecule has 3 heteroatoms. The van der Waals surface area contributed by atoms with Crippen LogP contribution < -0.4 is 10.5 Å². The predicted octanol–water partition coefficient (Wildman–Crippen LogP) is 2.82. The molecule has 0 amide bonds. The lowest BCUT2D eigenvalue weighted by molar-refractivity contribution is 0.00981. The van der Waals surface area contributed by atoms with Gasteiger partial charge in [-0.25, -0.2) is 0 Å². The van der Waals surface area contributed by atoms with Crippen LogP contribution in [0.5, 0.6) is 5.75 Å². The van der Waals surface area contributed by atoms with Gasteiger partial charge < -0.3 is 15.2 Å². The van der Waals surface area contributed by atoms with Crippen LogP contribution in [0.3, 0.4) is 0 Å². The quantitative estimate of drug-likeness (QED) is 0.856. The summed E-state index contributed by atoms with van der Waals surface area (Å²) in [5, 5.41) is 0. The summed E-state index contributed by atoms with van der Waals surface area (Å²) in [5.41, 5.74) is 8.24. The van der Waals surface area contributed by atoms with E-state index in [-0.39, 0.29) is 11.6 Å². The van der Waals surface area contributed by atoms with Gasteiger partial charge in [-0.05, 0) is 33.3 Å². The van der Waals surface area contributed by atoms with Crippen molar-refractivity contribution < 1.29 is 9.47 Å². The van der Waals surface area contributed by atoms with Crippen molar-refractivity contribution in [2.24, 2.45) is 5.73 Å². The van der Waals surface area contributed by atoms with Crippen LogP contribution in [0, 0.1) is 6.92 Å². The highest BCUT2D eigenvalue weighted by atomic mass is 16.5. The van der Waals surface area contributed by atoms with E-state index >= 15 is 0 Å². The van der Waals surface area contributed by atoms with Crippen LogP contribution >= 0.6 is 0 Å². The van der Waals surface area contributed by atoms with Crippen molar-refractivity contribution in [1.29, 1.82) is 0 Å². The Bertz CT molecular complexity index is 374. The molecule has 1 rings (SSSR count). The maximum Gasteiger partial charge on any atom is 0.123 e. The van der Waals surface area contributed by atoms with Gasteiger partial charge in [-0.15, -0.1) is 0 Å². The second-order valence-corrected chi connectivity index (χ2v) is 5.02. The van der Waals surface area contributed by atoms with Gasteiger partial charge in [0.15, 0.2) is 0 Å². The molecule has 0 saturated heterocycles. The number of rotatable bonds is 5. The molecular weight excluding hydrogens is 214 g/mol. The lowest BCUT2D eigenvalue weighted by Crippen LogP contribution is -2.29. The van der Waals surface area contributed by atoms with Gasteiger partial charge in [0.2, 0.25) is 0 Å². The molecule has 3 nitrogen and oxygen atoms in total. The van der Waals surface area contributed by atoms with Crippen LogP contribution in [-0.2, 0) is 4.74 Å². The van der Waals surface area contributed by atoms with E-state index in [1.807, 2.05) is 26.0 Å². The van der Waals surface area contributed by atoms with Crippen LogP contribution in [-0.4, -0.2) is 19.8 Å². The molecule has 0 bridgehead atoms. The van der Waals surface area contributed by atoms with E-state index in [4.69, 9.17) is 15.2 Å². The molecule has 96 valence electrons. The van der Waals surface area contributed by atoms with E-state index in [9.17, 15) is 0 Å². The first kappa shape index (κ1) is 14.0. The maximum atomic E-state index is 6.24. The van der Waals surface area contributed by atoms with E-state index in [1.165, 1.54) is 5.56 Å². The third-order valence-corrected chi connectivity index (χ3v) is 3.05. The fourth-order valence-electron chi connectivity index (χ4n) is 1.87. The molecule has 1 aromatic rings. The van der Waals surface area contributed by atoms with Crippen LogP contribution in [0.2, 0.25) is 0 Å². The Labute approximate surface area is 104 Å². The first-order valence-electron chi connectivity index (χ1n) is 5.85. The highest BCUT2D eigenvalue weighted by Gasteiger charge is 2.23. The van der Waals surface area contributed by atoms with Crippen molar-refractivity contribution in [3.05, 3.63) is 29.3 Å². The summed E-state index contributed by atoms with van der Waals surface area (Å²) in [5.74, 6) is 0.843. The van der Waals surface area contributed by atoms with Gasteiger partial charge in [0.05, 0.1) is 12.7 Å². The van der Waals surface area contributed by atoms with Gasteiger partial charge in [0.25, 0.3) is 0 Å². The number of aryl methyl sites for hydroxylation is 1. The van der Waals surface area contributed by atoms with Crippen molar-refractivity contribution in [1.82, 2.24) is 0 Å². The lowest BCUT2D eigenvalue weighted by atomic mass is 9.93. The fraction of sp³-hybridized carbons (Fsp3) is 0.571. The zero-order chi connectivity index (χ0) is 13.1. The number of benzene rings is 1. The molecule has 17 heavy (non-hydrogen) atoms. The van der Waals surface area contributed by atoms with E-state index < -0.39 is 0 Å². The molecule has 0 fully saturated rings. The third kappa shape index (κ3) is 3.72. The normalized spacial score (nSPS) is 13.5. The summed E-state index contributed by atoms with van der Waals surface area (Å²) in [6.07, 6.45) is 0.753. The van der Waals surface area contributed by atoms with Gasteiger partial charge >= 0.3 is 0 Å². The number of methoxy groups -OCH3 is 2. The molecule has 0 aliphatic carbocycles. The zero-order valence-corrected chi connectivity index (χ0v) is 11.4. The summed E-state index contributed by atoms with van der Waals surface area (Å²) >= 11 is 0. The van der Waals surface area contributed by atoms with Gasteiger partial charge in [-0.1, -0.05) is 17.7 Å². The Morgan fingerprint density at radius 1 is 1.29 bits per heavy atom. The van der Waals surface area contributed by atoms with Gasteiger partial charge in [0, 0.05) is 18.7 Å². The molecule has 2 N–H and O–H groups in total. The summed E-state index contributed by atoms with van der Waals surface area (Å²) in [6.45, 7) is 6.13. The Kier molecular flexibility index (Phi) is 4.54. The molecular formula is C14H23NO2. The average Bonchev–Trinajstić information content (AvgIpc) is 2.28. The van der Waals surface area contributed by atoms with Crippen LogP contribution in [0.15, 0.2) is 18.2 Å². The number of nitrogens with two attached hydrogens (primary N) is 1. The van der Waals surface area contributed by atoms with E-state index in [2.05, 4.69) is 13.0 Å². The Morgan fingerprint density at radius 3 is 2.47 bits per heavy atom. The van der Waals surface area contributed by atoms with Crippen molar-refractivity contribution >= 4 is 0 Å². The first-order valence-corrected chi connectivity index (χ1v) is 5.85. The van der Waals surface area contributed by atoms with Crippen molar-refractivity contribution in [2.45, 2.75) is 38.8 Å². The molecule has 1 unspecified atom stereocenters. The molecule has 0 radical (unpaired) electrons. The molecule has 0 saturated carbocycles. The van der Waals surface area contributed by atoms with Crippen molar-refractivity contribution in [3.8, 4) is 5.75 Å².